The molecule has 0 aliphatic carbocycles. The Balaban J connectivity index is 1.46. The standard InChI is InChI=1S/C23H28N4O4/c1-30-20-11-16-6-9-27(14-17(16)12-21(20)31-2)22(28)13-19-23(29)25-8-10-26(19)15-18-5-3-4-7-24-18/h3-5,7,11-12,19H,6,8-10,13-15H2,1-2H3,(H,25,29)/t19-/m0/s1. The Morgan fingerprint density at radius 1 is 1.16 bits per heavy atom. The zero-order valence-electron chi connectivity index (χ0n) is 18.0. The molecule has 8 nitrogen and oxygen atoms in total. The van der Waals surface area contributed by atoms with Gasteiger partial charge < -0.3 is 19.7 Å². The summed E-state index contributed by atoms with van der Waals surface area (Å²) in [6.45, 7) is 2.94. The van der Waals surface area contributed by atoms with Crippen molar-refractivity contribution >= 4 is 11.8 Å². The van der Waals surface area contributed by atoms with Crippen LogP contribution in [0.4, 0.5) is 0 Å². The fraction of sp³-hybridized carbons (Fsp3) is 0.435. The number of aromatic nitrogens is 1. The summed E-state index contributed by atoms with van der Waals surface area (Å²) >= 11 is 0. The highest BCUT2D eigenvalue weighted by Gasteiger charge is 2.34. The number of piperazine rings is 1. The summed E-state index contributed by atoms with van der Waals surface area (Å²) in [7, 11) is 3.22. The van der Waals surface area contributed by atoms with Crippen molar-refractivity contribution in [3.05, 3.63) is 53.3 Å². The molecule has 1 aromatic carbocycles. The van der Waals surface area contributed by atoms with Crippen LogP contribution >= 0.6 is 0 Å². The Hall–Kier alpha value is -3.13. The van der Waals surface area contributed by atoms with Crippen molar-refractivity contribution in [1.29, 1.82) is 0 Å². The predicted molar refractivity (Wildman–Crippen MR) is 115 cm³/mol. The molecule has 1 saturated heterocycles. The van der Waals surface area contributed by atoms with Crippen LogP contribution in [0.15, 0.2) is 36.5 Å². The van der Waals surface area contributed by atoms with Gasteiger partial charge in [0, 0.05) is 38.9 Å². The molecule has 0 spiro atoms. The van der Waals surface area contributed by atoms with E-state index >= 15 is 0 Å². The number of ether oxygens (including phenoxy) is 2. The third-order valence-electron chi connectivity index (χ3n) is 5.97. The van der Waals surface area contributed by atoms with E-state index in [-0.39, 0.29) is 18.2 Å². The second-order valence-electron chi connectivity index (χ2n) is 7.84. The Morgan fingerprint density at radius 2 is 1.94 bits per heavy atom. The van der Waals surface area contributed by atoms with E-state index in [2.05, 4.69) is 10.3 Å². The first-order valence-electron chi connectivity index (χ1n) is 10.5. The maximum absolute atomic E-state index is 13.1. The number of benzene rings is 1. The number of carbonyl (C=O) groups is 2. The van der Waals surface area contributed by atoms with Crippen LogP contribution in [0.2, 0.25) is 0 Å². The minimum absolute atomic E-state index is 0.0199. The van der Waals surface area contributed by atoms with Crippen LogP contribution in [0.3, 0.4) is 0 Å². The highest BCUT2D eigenvalue weighted by atomic mass is 16.5. The number of hydrogen-bond donors (Lipinski definition) is 1. The van der Waals surface area contributed by atoms with Gasteiger partial charge in [-0.05, 0) is 41.8 Å². The van der Waals surface area contributed by atoms with Gasteiger partial charge in [0.25, 0.3) is 0 Å². The Bertz CT molecular complexity index is 950. The fourth-order valence-corrected chi connectivity index (χ4v) is 4.26. The van der Waals surface area contributed by atoms with Crippen LogP contribution in [-0.2, 0) is 29.1 Å². The number of carbonyl (C=O) groups excluding carboxylic acids is 2. The van der Waals surface area contributed by atoms with Crippen molar-refractivity contribution in [1.82, 2.24) is 20.1 Å². The van der Waals surface area contributed by atoms with Crippen LogP contribution in [-0.4, -0.2) is 66.5 Å². The third kappa shape index (κ3) is 4.64. The molecule has 8 heteroatoms. The van der Waals surface area contributed by atoms with Gasteiger partial charge in [-0.3, -0.25) is 19.5 Å². The third-order valence-corrected chi connectivity index (χ3v) is 5.97. The number of pyridine rings is 1. The summed E-state index contributed by atoms with van der Waals surface area (Å²) < 4.78 is 10.8. The first-order chi connectivity index (χ1) is 15.1. The molecule has 31 heavy (non-hydrogen) atoms. The van der Waals surface area contributed by atoms with E-state index < -0.39 is 6.04 Å². The fourth-order valence-electron chi connectivity index (χ4n) is 4.26. The molecule has 0 saturated carbocycles. The summed E-state index contributed by atoms with van der Waals surface area (Å²) in [6.07, 6.45) is 2.64. The molecule has 0 radical (unpaired) electrons. The number of nitrogens with zero attached hydrogens (tertiary/aromatic N) is 3. The Labute approximate surface area is 182 Å². The molecule has 1 atom stereocenters. The molecule has 2 aromatic rings. The van der Waals surface area contributed by atoms with E-state index in [0.717, 1.165) is 23.2 Å². The normalized spacial score (nSPS) is 18.8. The summed E-state index contributed by atoms with van der Waals surface area (Å²) in [5.41, 5.74) is 3.10. The Kier molecular flexibility index (Phi) is 6.36. The molecule has 2 amide bonds. The molecule has 164 valence electrons. The highest BCUT2D eigenvalue weighted by Crippen LogP contribution is 2.33. The molecule has 0 unspecified atom stereocenters. The van der Waals surface area contributed by atoms with Gasteiger partial charge in [0.1, 0.15) is 0 Å². The summed E-state index contributed by atoms with van der Waals surface area (Å²) in [6, 6.07) is 9.17. The number of methoxy groups -OCH3 is 2. The molecular formula is C23H28N4O4. The average Bonchev–Trinajstić information content (AvgIpc) is 2.80. The van der Waals surface area contributed by atoms with Gasteiger partial charge >= 0.3 is 0 Å². The monoisotopic (exact) mass is 424 g/mol. The van der Waals surface area contributed by atoms with Crippen molar-refractivity contribution in [3.8, 4) is 11.5 Å². The molecule has 2 aliphatic heterocycles. The maximum atomic E-state index is 13.1. The van der Waals surface area contributed by atoms with Crippen molar-refractivity contribution in [3.63, 3.8) is 0 Å². The topological polar surface area (TPSA) is 84.0 Å². The van der Waals surface area contributed by atoms with Gasteiger partial charge in [0.05, 0.1) is 32.4 Å². The lowest BCUT2D eigenvalue weighted by Gasteiger charge is -2.36. The van der Waals surface area contributed by atoms with Crippen LogP contribution in [0.1, 0.15) is 23.2 Å². The SMILES string of the molecule is COc1cc2c(cc1OC)CN(C(=O)C[C@H]1C(=O)NCCN1Cc1ccccn1)CC2. The molecule has 1 aromatic heterocycles. The molecular weight excluding hydrogens is 396 g/mol. The smallest absolute Gasteiger partial charge is 0.237 e. The van der Waals surface area contributed by atoms with Crippen molar-refractivity contribution < 1.29 is 19.1 Å². The van der Waals surface area contributed by atoms with Gasteiger partial charge in [-0.2, -0.15) is 0 Å². The number of fused-ring (bicyclic) bond motifs is 1. The number of rotatable bonds is 6. The molecule has 1 fully saturated rings. The molecule has 3 heterocycles. The Morgan fingerprint density at radius 3 is 2.65 bits per heavy atom. The molecule has 1 N–H and O–H groups in total. The predicted octanol–water partition coefficient (Wildman–Crippen LogP) is 1.37. The quantitative estimate of drug-likeness (QED) is 0.754. The number of nitrogens with one attached hydrogen (secondary N) is 1. The van der Waals surface area contributed by atoms with Crippen molar-refractivity contribution in [2.24, 2.45) is 0 Å². The van der Waals surface area contributed by atoms with Crippen LogP contribution in [0, 0.1) is 0 Å². The van der Waals surface area contributed by atoms with Gasteiger partial charge in [0.2, 0.25) is 11.8 Å². The highest BCUT2D eigenvalue weighted by molar-refractivity contribution is 5.89. The van der Waals surface area contributed by atoms with E-state index in [4.69, 9.17) is 9.47 Å². The first kappa shape index (κ1) is 21.1. The molecule has 2 aliphatic rings. The van der Waals surface area contributed by atoms with Gasteiger partial charge in [-0.1, -0.05) is 6.07 Å². The van der Waals surface area contributed by atoms with E-state index in [1.165, 1.54) is 0 Å². The van der Waals surface area contributed by atoms with E-state index in [0.29, 0.717) is 44.2 Å². The van der Waals surface area contributed by atoms with Crippen molar-refractivity contribution in [2.45, 2.75) is 32.0 Å². The van der Waals surface area contributed by atoms with Crippen LogP contribution in [0.5, 0.6) is 11.5 Å². The van der Waals surface area contributed by atoms with E-state index in [9.17, 15) is 9.59 Å². The summed E-state index contributed by atoms with van der Waals surface area (Å²) in [4.78, 5) is 34.0. The van der Waals surface area contributed by atoms with E-state index in [1.54, 1.807) is 20.4 Å². The van der Waals surface area contributed by atoms with Crippen molar-refractivity contribution in [2.75, 3.05) is 33.9 Å². The largest absolute Gasteiger partial charge is 0.493 e. The second kappa shape index (κ2) is 9.34. The summed E-state index contributed by atoms with van der Waals surface area (Å²) in [5, 5.41) is 2.90. The minimum Gasteiger partial charge on any atom is -0.493 e. The van der Waals surface area contributed by atoms with Gasteiger partial charge in [-0.25, -0.2) is 0 Å². The lowest BCUT2D eigenvalue weighted by atomic mass is 9.98. The van der Waals surface area contributed by atoms with E-state index in [1.807, 2.05) is 40.1 Å². The van der Waals surface area contributed by atoms with Crippen LogP contribution in [0.25, 0.3) is 0 Å². The summed E-state index contributed by atoms with van der Waals surface area (Å²) in [5.74, 6) is 1.24. The minimum atomic E-state index is -0.491. The van der Waals surface area contributed by atoms with Gasteiger partial charge in [-0.15, -0.1) is 0 Å². The second-order valence-corrected chi connectivity index (χ2v) is 7.84. The lowest BCUT2D eigenvalue weighted by molar-refractivity contribution is -0.139. The van der Waals surface area contributed by atoms with Gasteiger partial charge in [0.15, 0.2) is 11.5 Å². The number of hydrogen-bond acceptors (Lipinski definition) is 6. The number of amides is 2. The maximum Gasteiger partial charge on any atom is 0.237 e. The lowest BCUT2D eigenvalue weighted by Crippen LogP contribution is -2.56. The zero-order chi connectivity index (χ0) is 21.8. The molecule has 0 bridgehead atoms. The molecule has 4 rings (SSSR count). The van der Waals surface area contributed by atoms with Crippen LogP contribution < -0.4 is 14.8 Å². The first-order valence-corrected chi connectivity index (χ1v) is 10.5. The average molecular weight is 425 g/mol. The zero-order valence-corrected chi connectivity index (χ0v) is 18.0.